The minimum Gasteiger partial charge on any atom is -0.479 e. The van der Waals surface area contributed by atoms with Gasteiger partial charge in [0.2, 0.25) is 5.82 Å². The van der Waals surface area contributed by atoms with Crippen molar-refractivity contribution in [1.29, 1.82) is 0 Å². The van der Waals surface area contributed by atoms with Gasteiger partial charge in [-0.25, -0.2) is 4.98 Å². The number of nitrogens with two attached hydrogens (primary N) is 1. The summed E-state index contributed by atoms with van der Waals surface area (Å²) in [5.41, 5.74) is 5.68. The van der Waals surface area contributed by atoms with E-state index in [1.807, 2.05) is 6.92 Å². The highest BCUT2D eigenvalue weighted by atomic mass is 19.1. The van der Waals surface area contributed by atoms with E-state index in [9.17, 15) is 4.39 Å². The van der Waals surface area contributed by atoms with E-state index in [-0.39, 0.29) is 12.4 Å². The van der Waals surface area contributed by atoms with Crippen molar-refractivity contribution in [1.82, 2.24) is 9.97 Å². The van der Waals surface area contributed by atoms with Crippen LogP contribution in [-0.4, -0.2) is 17.1 Å². The molecule has 13 heavy (non-hydrogen) atoms. The Labute approximate surface area is 75.9 Å². The van der Waals surface area contributed by atoms with Gasteiger partial charge in [-0.05, 0) is 6.42 Å². The summed E-state index contributed by atoms with van der Waals surface area (Å²) in [6, 6.07) is 0. The van der Waals surface area contributed by atoms with E-state index < -0.39 is 5.82 Å². The Morgan fingerprint density at radius 2 is 2.15 bits per heavy atom. The Bertz CT molecular complexity index is 278. The number of rotatable bonds is 3. The first-order valence-electron chi connectivity index (χ1n) is 4.02. The van der Waals surface area contributed by atoms with E-state index in [2.05, 4.69) is 9.97 Å². The van der Waals surface area contributed by atoms with Gasteiger partial charge >= 0.3 is 0 Å². The number of hydrogen-bond donors (Lipinski definition) is 1. The maximum Gasteiger partial charge on any atom is 0.253 e. The molecule has 0 fully saturated rings. The summed E-state index contributed by atoms with van der Waals surface area (Å²) in [6.45, 7) is 1.99. The quantitative estimate of drug-likeness (QED) is 0.750. The van der Waals surface area contributed by atoms with E-state index >= 15 is 0 Å². The van der Waals surface area contributed by atoms with Crippen LogP contribution in [0, 0.1) is 5.82 Å². The Balaban J connectivity index is 3.20. The van der Waals surface area contributed by atoms with Crippen molar-refractivity contribution in [3.63, 3.8) is 0 Å². The molecule has 0 spiro atoms. The average molecular weight is 185 g/mol. The predicted molar refractivity (Wildman–Crippen MR) is 45.8 cm³/mol. The van der Waals surface area contributed by atoms with Crippen molar-refractivity contribution >= 4 is 0 Å². The van der Waals surface area contributed by atoms with Gasteiger partial charge < -0.3 is 10.5 Å². The first-order chi connectivity index (χ1) is 6.22. The lowest BCUT2D eigenvalue weighted by Gasteiger charge is -2.06. The van der Waals surface area contributed by atoms with Gasteiger partial charge in [-0.2, -0.15) is 9.37 Å². The van der Waals surface area contributed by atoms with Crippen LogP contribution in [0.25, 0.3) is 0 Å². The lowest BCUT2D eigenvalue weighted by Crippen LogP contribution is -2.09. The molecule has 5 heteroatoms. The zero-order chi connectivity index (χ0) is 9.84. The number of hydrogen-bond acceptors (Lipinski definition) is 4. The molecule has 4 nitrogen and oxygen atoms in total. The molecule has 0 atom stereocenters. The molecule has 0 saturated heterocycles. The molecule has 1 heterocycles. The van der Waals surface area contributed by atoms with Crippen LogP contribution in [0.4, 0.5) is 4.39 Å². The van der Waals surface area contributed by atoms with Crippen molar-refractivity contribution in [2.75, 3.05) is 7.11 Å². The van der Waals surface area contributed by atoms with Crippen LogP contribution in [0.1, 0.15) is 18.4 Å². The van der Waals surface area contributed by atoms with E-state index in [1.54, 1.807) is 0 Å². The second kappa shape index (κ2) is 4.13. The molecule has 0 saturated carbocycles. The van der Waals surface area contributed by atoms with Gasteiger partial charge in [0.05, 0.1) is 19.3 Å². The van der Waals surface area contributed by atoms with Gasteiger partial charge in [-0.1, -0.05) is 6.92 Å². The number of halogens is 1. The molecule has 2 N–H and O–H groups in total. The SMILES string of the molecule is CCc1nc(CN)nc(OC)c1F. The largest absolute Gasteiger partial charge is 0.479 e. The molecule has 0 aliphatic carbocycles. The van der Waals surface area contributed by atoms with E-state index in [4.69, 9.17) is 10.5 Å². The van der Waals surface area contributed by atoms with Crippen LogP contribution >= 0.6 is 0 Å². The van der Waals surface area contributed by atoms with Gasteiger partial charge in [0.1, 0.15) is 5.82 Å². The first kappa shape index (κ1) is 9.85. The zero-order valence-corrected chi connectivity index (χ0v) is 7.67. The van der Waals surface area contributed by atoms with Crippen LogP contribution in [0.3, 0.4) is 0 Å². The Kier molecular flexibility index (Phi) is 3.13. The highest BCUT2D eigenvalue weighted by molar-refractivity contribution is 5.19. The van der Waals surface area contributed by atoms with Crippen molar-refractivity contribution in [2.24, 2.45) is 5.73 Å². The third-order valence-electron chi connectivity index (χ3n) is 1.65. The summed E-state index contributed by atoms with van der Waals surface area (Å²) < 4.78 is 18.0. The number of methoxy groups -OCH3 is 1. The topological polar surface area (TPSA) is 61.0 Å². The Hall–Kier alpha value is -1.23. The second-order valence-electron chi connectivity index (χ2n) is 2.47. The summed E-state index contributed by atoms with van der Waals surface area (Å²) in [7, 11) is 1.37. The van der Waals surface area contributed by atoms with Crippen molar-refractivity contribution in [3.05, 3.63) is 17.3 Å². The summed E-state index contributed by atoms with van der Waals surface area (Å²) in [4.78, 5) is 7.71. The third-order valence-corrected chi connectivity index (χ3v) is 1.65. The van der Waals surface area contributed by atoms with E-state index in [0.29, 0.717) is 17.9 Å². The zero-order valence-electron chi connectivity index (χ0n) is 7.67. The highest BCUT2D eigenvalue weighted by Gasteiger charge is 2.12. The van der Waals surface area contributed by atoms with Gasteiger partial charge in [-0.15, -0.1) is 0 Å². The molecule has 0 unspecified atom stereocenters. The number of aromatic nitrogens is 2. The smallest absolute Gasteiger partial charge is 0.253 e. The maximum atomic E-state index is 13.3. The third kappa shape index (κ3) is 1.92. The van der Waals surface area contributed by atoms with Crippen LogP contribution in [0.2, 0.25) is 0 Å². The number of aryl methyl sites for hydroxylation is 1. The maximum absolute atomic E-state index is 13.3. The van der Waals surface area contributed by atoms with Crippen molar-refractivity contribution in [3.8, 4) is 5.88 Å². The first-order valence-corrected chi connectivity index (χ1v) is 4.02. The summed E-state index contributed by atoms with van der Waals surface area (Å²) in [5.74, 6) is -0.135. The number of ether oxygens (including phenoxy) is 1. The molecular formula is C8H12FN3O. The van der Waals surface area contributed by atoms with Gasteiger partial charge in [0, 0.05) is 0 Å². The molecule has 0 radical (unpaired) electrons. The van der Waals surface area contributed by atoms with Crippen molar-refractivity contribution < 1.29 is 9.13 Å². The van der Waals surface area contributed by atoms with Crippen LogP contribution < -0.4 is 10.5 Å². The molecule has 0 bridgehead atoms. The van der Waals surface area contributed by atoms with Gasteiger partial charge in [0.25, 0.3) is 5.88 Å². The number of nitrogens with zero attached hydrogens (tertiary/aromatic N) is 2. The molecule has 0 aliphatic heterocycles. The molecule has 1 aromatic heterocycles. The van der Waals surface area contributed by atoms with Crippen molar-refractivity contribution in [2.45, 2.75) is 19.9 Å². The van der Waals surface area contributed by atoms with E-state index in [0.717, 1.165) is 0 Å². The Morgan fingerprint density at radius 3 is 2.62 bits per heavy atom. The average Bonchev–Trinajstić information content (AvgIpc) is 2.18. The molecule has 0 amide bonds. The molecule has 72 valence electrons. The van der Waals surface area contributed by atoms with Gasteiger partial charge in [-0.3, -0.25) is 0 Å². The monoisotopic (exact) mass is 185 g/mol. The standard InChI is InChI=1S/C8H12FN3O/c1-3-5-7(9)8(13-2)12-6(4-10)11-5/h3-4,10H2,1-2H3. The van der Waals surface area contributed by atoms with Crippen LogP contribution in [-0.2, 0) is 13.0 Å². The van der Waals surface area contributed by atoms with Crippen LogP contribution in [0.15, 0.2) is 0 Å². The van der Waals surface area contributed by atoms with Crippen LogP contribution in [0.5, 0.6) is 5.88 Å². The predicted octanol–water partition coefficient (Wildman–Crippen LogP) is 0.645. The fraction of sp³-hybridized carbons (Fsp3) is 0.500. The van der Waals surface area contributed by atoms with E-state index in [1.165, 1.54) is 7.11 Å². The summed E-state index contributed by atoms with van der Waals surface area (Å²) >= 11 is 0. The minimum atomic E-state index is -0.498. The molecule has 0 aliphatic rings. The minimum absolute atomic E-state index is 0.0349. The molecule has 1 rings (SSSR count). The second-order valence-corrected chi connectivity index (χ2v) is 2.47. The lowest BCUT2D eigenvalue weighted by atomic mass is 10.3. The lowest BCUT2D eigenvalue weighted by molar-refractivity contribution is 0.361. The fourth-order valence-corrected chi connectivity index (χ4v) is 0.980. The molecule has 1 aromatic rings. The molecular weight excluding hydrogens is 173 g/mol. The summed E-state index contributed by atoms with van der Waals surface area (Å²) in [6.07, 6.45) is 0.498. The summed E-state index contributed by atoms with van der Waals surface area (Å²) in [5, 5.41) is 0. The highest BCUT2D eigenvalue weighted by Crippen LogP contribution is 2.16. The van der Waals surface area contributed by atoms with Gasteiger partial charge in [0.15, 0.2) is 0 Å². The Morgan fingerprint density at radius 1 is 1.46 bits per heavy atom. The molecule has 0 aromatic carbocycles. The normalized spacial score (nSPS) is 10.2. The fourth-order valence-electron chi connectivity index (χ4n) is 0.980.